The summed E-state index contributed by atoms with van der Waals surface area (Å²) in [6, 6.07) is 6.08. The monoisotopic (exact) mass is 267 g/mol. The zero-order valence-corrected chi connectivity index (χ0v) is 11.4. The minimum atomic E-state index is -0.833. The minimum absolute atomic E-state index is 0.247. The van der Waals surface area contributed by atoms with Gasteiger partial charge in [0.25, 0.3) is 0 Å². The molecule has 0 aliphatic carbocycles. The molecule has 0 saturated carbocycles. The summed E-state index contributed by atoms with van der Waals surface area (Å²) in [5, 5.41) is 0. The Labute approximate surface area is 112 Å². The van der Waals surface area contributed by atoms with Crippen LogP contribution in [0.5, 0.6) is 0 Å². The average Bonchev–Trinajstić information content (AvgIpc) is 2.33. The van der Waals surface area contributed by atoms with Gasteiger partial charge in [0.05, 0.1) is 26.4 Å². The quantitative estimate of drug-likeness (QED) is 0.777. The molecule has 104 valence electrons. The zero-order valence-electron chi connectivity index (χ0n) is 11.4. The summed E-state index contributed by atoms with van der Waals surface area (Å²) in [4.78, 5) is 13.9. The zero-order chi connectivity index (χ0) is 14.0. The first kappa shape index (κ1) is 14.0. The van der Waals surface area contributed by atoms with Gasteiger partial charge in [-0.15, -0.1) is 0 Å². The summed E-state index contributed by atoms with van der Waals surface area (Å²) >= 11 is 0. The van der Waals surface area contributed by atoms with Crippen LogP contribution in [-0.2, 0) is 14.3 Å². The molecule has 1 aliphatic rings. The van der Waals surface area contributed by atoms with Gasteiger partial charge in [0.15, 0.2) is 0 Å². The SMILES string of the molecule is COC(=O)C1(C(c2ccccc2F)N(C)C)COC1. The number of benzene rings is 1. The van der Waals surface area contributed by atoms with Crippen molar-refractivity contribution >= 4 is 5.97 Å². The maximum Gasteiger partial charge on any atom is 0.318 e. The fourth-order valence-electron chi connectivity index (χ4n) is 2.68. The second-order valence-electron chi connectivity index (χ2n) is 5.03. The molecule has 1 aromatic rings. The van der Waals surface area contributed by atoms with Crippen LogP contribution >= 0.6 is 0 Å². The van der Waals surface area contributed by atoms with E-state index in [1.807, 2.05) is 19.0 Å². The van der Waals surface area contributed by atoms with Gasteiger partial charge in [0, 0.05) is 5.56 Å². The summed E-state index contributed by atoms with van der Waals surface area (Å²) < 4.78 is 24.1. The lowest BCUT2D eigenvalue weighted by Crippen LogP contribution is -2.57. The Bertz CT molecular complexity index is 472. The van der Waals surface area contributed by atoms with Gasteiger partial charge in [-0.25, -0.2) is 4.39 Å². The number of hydrogen-bond acceptors (Lipinski definition) is 4. The van der Waals surface area contributed by atoms with Crippen molar-refractivity contribution in [3.8, 4) is 0 Å². The van der Waals surface area contributed by atoms with Crippen LogP contribution in [0.4, 0.5) is 4.39 Å². The number of methoxy groups -OCH3 is 1. The first-order valence-corrected chi connectivity index (χ1v) is 6.10. The van der Waals surface area contributed by atoms with E-state index < -0.39 is 11.5 Å². The van der Waals surface area contributed by atoms with E-state index >= 15 is 0 Å². The van der Waals surface area contributed by atoms with Gasteiger partial charge in [-0.2, -0.15) is 0 Å². The molecule has 1 atom stereocenters. The lowest BCUT2D eigenvalue weighted by Gasteiger charge is -2.47. The van der Waals surface area contributed by atoms with Crippen LogP contribution in [0.1, 0.15) is 11.6 Å². The van der Waals surface area contributed by atoms with Crippen molar-refractivity contribution in [2.24, 2.45) is 5.41 Å². The highest BCUT2D eigenvalue weighted by Gasteiger charge is 2.55. The molecule has 1 unspecified atom stereocenters. The third-order valence-electron chi connectivity index (χ3n) is 3.55. The van der Waals surface area contributed by atoms with Crippen molar-refractivity contribution in [1.29, 1.82) is 0 Å². The van der Waals surface area contributed by atoms with Crippen LogP contribution in [0.25, 0.3) is 0 Å². The molecule has 0 radical (unpaired) electrons. The van der Waals surface area contributed by atoms with Crippen LogP contribution in [0.15, 0.2) is 24.3 Å². The van der Waals surface area contributed by atoms with Crippen LogP contribution in [0.2, 0.25) is 0 Å². The van der Waals surface area contributed by atoms with Crippen molar-refractivity contribution < 1.29 is 18.7 Å². The summed E-state index contributed by atoms with van der Waals surface area (Å²) in [5.74, 6) is -0.683. The third-order valence-corrected chi connectivity index (χ3v) is 3.55. The van der Waals surface area contributed by atoms with E-state index in [9.17, 15) is 9.18 Å². The fourth-order valence-corrected chi connectivity index (χ4v) is 2.68. The molecule has 0 amide bonds. The number of rotatable bonds is 4. The number of carbonyl (C=O) groups excluding carboxylic acids is 1. The molecule has 4 nitrogen and oxygen atoms in total. The predicted octanol–water partition coefficient (Wildman–Crippen LogP) is 1.62. The van der Waals surface area contributed by atoms with E-state index in [4.69, 9.17) is 9.47 Å². The van der Waals surface area contributed by atoms with Crippen molar-refractivity contribution in [2.75, 3.05) is 34.4 Å². The number of halogens is 1. The molecular weight excluding hydrogens is 249 g/mol. The van der Waals surface area contributed by atoms with Gasteiger partial charge in [0.2, 0.25) is 0 Å². The molecule has 1 saturated heterocycles. The maximum atomic E-state index is 14.0. The van der Waals surface area contributed by atoms with Gasteiger partial charge in [-0.1, -0.05) is 18.2 Å². The Balaban J connectivity index is 2.46. The number of nitrogens with zero attached hydrogens (tertiary/aromatic N) is 1. The highest BCUT2D eigenvalue weighted by molar-refractivity contribution is 5.79. The van der Waals surface area contributed by atoms with Crippen LogP contribution in [0, 0.1) is 11.2 Å². The van der Waals surface area contributed by atoms with Crippen LogP contribution < -0.4 is 0 Å². The predicted molar refractivity (Wildman–Crippen MR) is 68.1 cm³/mol. The number of hydrogen-bond donors (Lipinski definition) is 0. The second kappa shape index (κ2) is 5.27. The molecule has 1 fully saturated rings. The van der Waals surface area contributed by atoms with Gasteiger partial charge in [-0.05, 0) is 20.2 Å². The Morgan fingerprint density at radius 1 is 1.42 bits per heavy atom. The van der Waals surface area contributed by atoms with Gasteiger partial charge >= 0.3 is 5.97 Å². The second-order valence-corrected chi connectivity index (χ2v) is 5.03. The molecule has 2 rings (SSSR count). The molecule has 0 aromatic heterocycles. The third kappa shape index (κ3) is 2.24. The smallest absolute Gasteiger partial charge is 0.318 e. The van der Waals surface area contributed by atoms with E-state index in [0.29, 0.717) is 5.56 Å². The fraction of sp³-hybridized carbons (Fsp3) is 0.500. The van der Waals surface area contributed by atoms with Gasteiger partial charge in [-0.3, -0.25) is 4.79 Å². The molecule has 0 spiro atoms. The van der Waals surface area contributed by atoms with Crippen molar-refractivity contribution in [3.05, 3.63) is 35.6 Å². The van der Waals surface area contributed by atoms with Crippen LogP contribution in [0.3, 0.4) is 0 Å². The Morgan fingerprint density at radius 3 is 2.47 bits per heavy atom. The number of ether oxygens (including phenoxy) is 2. The summed E-state index contributed by atoms with van der Waals surface area (Å²) in [7, 11) is 4.98. The topological polar surface area (TPSA) is 38.8 Å². The Hall–Kier alpha value is -1.46. The van der Waals surface area contributed by atoms with Crippen molar-refractivity contribution in [3.63, 3.8) is 0 Å². The molecular formula is C14H18FNO3. The van der Waals surface area contributed by atoms with E-state index in [-0.39, 0.29) is 25.0 Å². The molecule has 1 aromatic carbocycles. The molecule has 0 N–H and O–H groups in total. The minimum Gasteiger partial charge on any atom is -0.468 e. The lowest BCUT2D eigenvalue weighted by atomic mass is 9.74. The summed E-state index contributed by atoms with van der Waals surface area (Å²) in [5.41, 5.74) is -0.346. The van der Waals surface area contributed by atoms with Gasteiger partial charge < -0.3 is 14.4 Å². The van der Waals surface area contributed by atoms with Crippen molar-refractivity contribution in [2.45, 2.75) is 6.04 Å². The van der Waals surface area contributed by atoms with Crippen LogP contribution in [-0.4, -0.2) is 45.3 Å². The Kier molecular flexibility index (Phi) is 3.87. The number of esters is 1. The lowest BCUT2D eigenvalue weighted by molar-refractivity contribution is -0.197. The summed E-state index contributed by atoms with van der Waals surface area (Å²) in [6.45, 7) is 0.494. The molecule has 0 bridgehead atoms. The normalized spacial score (nSPS) is 18.8. The largest absolute Gasteiger partial charge is 0.468 e. The standard InChI is InChI=1S/C14H18FNO3/c1-16(2)12(10-6-4-5-7-11(10)15)14(8-19-9-14)13(17)18-3/h4-7,12H,8-9H2,1-3H3. The van der Waals surface area contributed by atoms with E-state index in [0.717, 1.165) is 0 Å². The van der Waals surface area contributed by atoms with Gasteiger partial charge in [0.1, 0.15) is 11.2 Å². The van der Waals surface area contributed by atoms with Crippen molar-refractivity contribution in [1.82, 2.24) is 4.90 Å². The molecule has 5 heteroatoms. The highest BCUT2D eigenvalue weighted by atomic mass is 19.1. The van der Waals surface area contributed by atoms with E-state index in [1.165, 1.54) is 13.2 Å². The first-order valence-electron chi connectivity index (χ1n) is 6.10. The van der Waals surface area contributed by atoms with E-state index in [1.54, 1.807) is 18.2 Å². The Morgan fingerprint density at radius 2 is 2.05 bits per heavy atom. The molecule has 19 heavy (non-hydrogen) atoms. The van der Waals surface area contributed by atoms with E-state index in [2.05, 4.69) is 0 Å². The average molecular weight is 267 g/mol. The highest BCUT2D eigenvalue weighted by Crippen LogP contribution is 2.45. The molecule has 1 heterocycles. The first-order chi connectivity index (χ1) is 9.03. The maximum absolute atomic E-state index is 14.0. The number of carbonyl (C=O) groups is 1. The molecule has 1 aliphatic heterocycles. The summed E-state index contributed by atoms with van der Waals surface area (Å²) in [6.07, 6.45) is 0.